The van der Waals surface area contributed by atoms with Crippen molar-refractivity contribution in [2.45, 2.75) is 0 Å². The summed E-state index contributed by atoms with van der Waals surface area (Å²) in [6.07, 6.45) is 0. The van der Waals surface area contributed by atoms with Crippen LogP contribution >= 0.6 is 0 Å². The third kappa shape index (κ3) is 2.76. The van der Waals surface area contributed by atoms with Gasteiger partial charge in [0.1, 0.15) is 0 Å². The van der Waals surface area contributed by atoms with E-state index in [-0.39, 0.29) is 5.78 Å². The first-order chi connectivity index (χ1) is 14.6. The van der Waals surface area contributed by atoms with Gasteiger partial charge in [-0.15, -0.1) is 0 Å². The molecule has 1 heterocycles. The van der Waals surface area contributed by atoms with Crippen molar-refractivity contribution in [3.63, 3.8) is 0 Å². The van der Waals surface area contributed by atoms with Crippen molar-refractivity contribution in [3.8, 4) is 0 Å². The maximum Gasteiger partial charge on any atom is 0.280 e. The molecule has 30 heavy (non-hydrogen) atoms. The number of imide groups is 1. The first kappa shape index (κ1) is 17.8. The van der Waals surface area contributed by atoms with E-state index in [0.29, 0.717) is 38.7 Å². The van der Waals surface area contributed by atoms with Crippen molar-refractivity contribution in [1.82, 2.24) is 5.01 Å². The van der Waals surface area contributed by atoms with E-state index >= 15 is 0 Å². The van der Waals surface area contributed by atoms with Crippen LogP contribution < -0.4 is 5.43 Å². The second-order valence-corrected chi connectivity index (χ2v) is 7.01. The highest BCUT2D eigenvalue weighted by Gasteiger charge is 2.34. The summed E-state index contributed by atoms with van der Waals surface area (Å²) in [5.74, 6) is -1.05. The lowest BCUT2D eigenvalue weighted by molar-refractivity contribution is 0.0648. The lowest BCUT2D eigenvalue weighted by Crippen LogP contribution is -2.44. The summed E-state index contributed by atoms with van der Waals surface area (Å²) in [5, 5.41) is 2.13. The molecule has 0 spiro atoms. The molecule has 0 saturated carbocycles. The Morgan fingerprint density at radius 3 is 2.00 bits per heavy atom. The minimum atomic E-state index is -0.453. The SMILES string of the molecule is O=C(c1ccccc1)c1ccc2c3c(cccc13)C(=O)N(Nc1ccccc1)C2=O. The predicted molar refractivity (Wildman–Crippen MR) is 114 cm³/mol. The van der Waals surface area contributed by atoms with Crippen molar-refractivity contribution in [1.29, 1.82) is 0 Å². The monoisotopic (exact) mass is 392 g/mol. The van der Waals surface area contributed by atoms with Gasteiger partial charge in [-0.25, -0.2) is 0 Å². The standard InChI is InChI=1S/C25H16N2O3/c28-23(16-8-3-1-4-9-16)19-14-15-21-22-18(19)12-7-13-20(22)24(29)27(25(21)30)26-17-10-5-2-6-11-17/h1-15,26H. The van der Waals surface area contributed by atoms with Gasteiger partial charge in [-0.2, -0.15) is 5.01 Å². The second kappa shape index (κ2) is 6.97. The van der Waals surface area contributed by atoms with Crippen LogP contribution in [-0.4, -0.2) is 22.6 Å². The van der Waals surface area contributed by atoms with Crippen LogP contribution in [0.5, 0.6) is 0 Å². The van der Waals surface area contributed by atoms with Crippen molar-refractivity contribution < 1.29 is 14.4 Å². The van der Waals surface area contributed by atoms with E-state index in [1.807, 2.05) is 24.3 Å². The maximum atomic E-state index is 13.1. The molecule has 1 aliphatic rings. The largest absolute Gasteiger partial charge is 0.289 e. The van der Waals surface area contributed by atoms with Crippen LogP contribution in [0.1, 0.15) is 36.6 Å². The maximum absolute atomic E-state index is 13.1. The molecule has 1 N–H and O–H groups in total. The zero-order valence-electron chi connectivity index (χ0n) is 15.8. The highest BCUT2D eigenvalue weighted by atomic mass is 16.2. The summed E-state index contributed by atoms with van der Waals surface area (Å²) in [5.41, 5.74) is 5.31. The van der Waals surface area contributed by atoms with Gasteiger partial charge in [0.15, 0.2) is 5.78 Å². The van der Waals surface area contributed by atoms with Crippen LogP contribution in [0.2, 0.25) is 0 Å². The Hall–Kier alpha value is -4.25. The highest BCUT2D eigenvalue weighted by Crippen LogP contribution is 2.33. The summed E-state index contributed by atoms with van der Waals surface area (Å²) in [7, 11) is 0. The Labute approximate surface area is 172 Å². The number of hydrazine groups is 1. The second-order valence-electron chi connectivity index (χ2n) is 7.01. The third-order valence-corrected chi connectivity index (χ3v) is 5.20. The average molecular weight is 392 g/mol. The fourth-order valence-corrected chi connectivity index (χ4v) is 3.78. The summed E-state index contributed by atoms with van der Waals surface area (Å²) in [6.45, 7) is 0. The average Bonchev–Trinajstić information content (AvgIpc) is 2.80. The third-order valence-electron chi connectivity index (χ3n) is 5.20. The Morgan fingerprint density at radius 1 is 0.667 bits per heavy atom. The topological polar surface area (TPSA) is 66.5 Å². The van der Waals surface area contributed by atoms with Gasteiger partial charge in [-0.1, -0.05) is 60.7 Å². The van der Waals surface area contributed by atoms with Gasteiger partial charge in [-0.3, -0.25) is 19.8 Å². The summed E-state index contributed by atoms with van der Waals surface area (Å²) in [4.78, 5) is 39.3. The van der Waals surface area contributed by atoms with Crippen LogP contribution in [0.15, 0.2) is 91.0 Å². The predicted octanol–water partition coefficient (Wildman–Crippen LogP) is 4.69. The quantitative estimate of drug-likeness (QED) is 0.404. The number of ketones is 1. The van der Waals surface area contributed by atoms with E-state index in [0.717, 1.165) is 5.01 Å². The molecule has 5 nitrogen and oxygen atoms in total. The molecular formula is C25H16N2O3. The van der Waals surface area contributed by atoms with Crippen LogP contribution in [0.25, 0.3) is 10.8 Å². The van der Waals surface area contributed by atoms with Gasteiger partial charge in [0, 0.05) is 16.5 Å². The van der Waals surface area contributed by atoms with E-state index in [1.54, 1.807) is 66.7 Å². The van der Waals surface area contributed by atoms with E-state index in [4.69, 9.17) is 0 Å². The Bertz CT molecular complexity index is 1290. The zero-order chi connectivity index (χ0) is 20.7. The number of benzene rings is 4. The van der Waals surface area contributed by atoms with Gasteiger partial charge >= 0.3 is 0 Å². The molecule has 1 aliphatic heterocycles. The number of amides is 2. The smallest absolute Gasteiger partial charge is 0.280 e. The molecule has 0 bridgehead atoms. The van der Waals surface area contributed by atoms with E-state index < -0.39 is 11.8 Å². The number of para-hydroxylation sites is 1. The number of hydrogen-bond acceptors (Lipinski definition) is 4. The molecule has 5 heteroatoms. The Balaban J connectivity index is 1.64. The fourth-order valence-electron chi connectivity index (χ4n) is 3.78. The first-order valence-corrected chi connectivity index (χ1v) is 9.51. The fraction of sp³-hybridized carbons (Fsp3) is 0. The van der Waals surface area contributed by atoms with E-state index in [1.165, 1.54) is 0 Å². The van der Waals surface area contributed by atoms with Crippen LogP contribution in [-0.2, 0) is 0 Å². The molecule has 4 aromatic carbocycles. The Kier molecular flexibility index (Phi) is 4.14. The Morgan fingerprint density at radius 2 is 1.30 bits per heavy atom. The van der Waals surface area contributed by atoms with Gasteiger partial charge in [0.2, 0.25) is 0 Å². The summed E-state index contributed by atoms with van der Waals surface area (Å²) < 4.78 is 0. The van der Waals surface area contributed by atoms with Crippen LogP contribution in [0.3, 0.4) is 0 Å². The van der Waals surface area contributed by atoms with E-state index in [2.05, 4.69) is 5.43 Å². The molecule has 0 fully saturated rings. The lowest BCUT2D eigenvalue weighted by Gasteiger charge is -2.28. The van der Waals surface area contributed by atoms with Gasteiger partial charge in [-0.05, 0) is 35.7 Å². The molecule has 0 aromatic heterocycles. The number of carbonyl (C=O) groups is 3. The van der Waals surface area contributed by atoms with Gasteiger partial charge < -0.3 is 0 Å². The van der Waals surface area contributed by atoms with Gasteiger partial charge in [0.25, 0.3) is 11.8 Å². The van der Waals surface area contributed by atoms with Crippen LogP contribution in [0, 0.1) is 0 Å². The summed E-state index contributed by atoms with van der Waals surface area (Å²) >= 11 is 0. The first-order valence-electron chi connectivity index (χ1n) is 9.51. The van der Waals surface area contributed by atoms with E-state index in [9.17, 15) is 14.4 Å². The number of hydrogen-bond donors (Lipinski definition) is 1. The molecule has 0 unspecified atom stereocenters. The molecule has 0 aliphatic carbocycles. The lowest BCUT2D eigenvalue weighted by atomic mass is 9.89. The summed E-state index contributed by atoms with van der Waals surface area (Å²) in [6, 6.07) is 26.5. The normalized spacial score (nSPS) is 12.9. The zero-order valence-corrected chi connectivity index (χ0v) is 15.8. The van der Waals surface area contributed by atoms with Crippen LogP contribution in [0.4, 0.5) is 5.69 Å². The molecule has 0 atom stereocenters. The number of carbonyl (C=O) groups excluding carboxylic acids is 3. The van der Waals surface area contributed by atoms with Crippen molar-refractivity contribution in [2.24, 2.45) is 0 Å². The molecular weight excluding hydrogens is 376 g/mol. The van der Waals surface area contributed by atoms with Crippen molar-refractivity contribution >= 4 is 34.1 Å². The highest BCUT2D eigenvalue weighted by molar-refractivity contribution is 6.29. The molecule has 0 saturated heterocycles. The molecule has 4 aromatic rings. The van der Waals surface area contributed by atoms with Crippen molar-refractivity contribution in [2.75, 3.05) is 5.43 Å². The molecule has 5 rings (SSSR count). The number of nitrogens with zero attached hydrogens (tertiary/aromatic N) is 1. The minimum Gasteiger partial charge on any atom is -0.289 e. The molecule has 2 amide bonds. The molecule has 144 valence electrons. The molecule has 0 radical (unpaired) electrons. The van der Waals surface area contributed by atoms with Gasteiger partial charge in [0.05, 0.1) is 16.8 Å². The van der Waals surface area contributed by atoms with Crippen molar-refractivity contribution in [3.05, 3.63) is 113 Å². The minimum absolute atomic E-state index is 0.149. The number of nitrogens with one attached hydrogen (secondary N) is 1. The number of anilines is 1. The number of rotatable bonds is 4.